The number of nitrogens with zero attached hydrogens (tertiary/aromatic N) is 1. The average molecular weight is 350 g/mol. The predicted octanol–water partition coefficient (Wildman–Crippen LogP) is 3.64. The van der Waals surface area contributed by atoms with Crippen molar-refractivity contribution >= 4 is 46.6 Å². The number of fused-ring (bicyclic) bond motifs is 1. The highest BCUT2D eigenvalue weighted by Crippen LogP contribution is 2.38. The molecular formula is C16H12ClNO4S. The van der Waals surface area contributed by atoms with Crippen molar-refractivity contribution in [3.05, 3.63) is 51.4 Å². The van der Waals surface area contributed by atoms with E-state index in [9.17, 15) is 9.59 Å². The van der Waals surface area contributed by atoms with Crippen molar-refractivity contribution in [1.29, 1.82) is 0 Å². The van der Waals surface area contributed by atoms with Crippen LogP contribution in [0.1, 0.15) is 11.3 Å². The monoisotopic (exact) mass is 349 g/mol. The summed E-state index contributed by atoms with van der Waals surface area (Å²) in [4.78, 5) is 25.8. The van der Waals surface area contributed by atoms with Crippen LogP contribution in [0.4, 0.5) is 5.69 Å². The first-order valence-electron chi connectivity index (χ1n) is 6.81. The lowest BCUT2D eigenvalue weighted by molar-refractivity contribution is -0.136. The number of amides is 1. The maximum absolute atomic E-state index is 12.6. The highest BCUT2D eigenvalue weighted by atomic mass is 35.5. The van der Waals surface area contributed by atoms with Gasteiger partial charge < -0.3 is 14.7 Å². The van der Waals surface area contributed by atoms with Gasteiger partial charge in [-0.3, -0.25) is 9.59 Å². The second-order valence-electron chi connectivity index (χ2n) is 4.84. The summed E-state index contributed by atoms with van der Waals surface area (Å²) in [5.74, 6) is -0.721. The Balaban J connectivity index is 2.00. The van der Waals surface area contributed by atoms with E-state index < -0.39 is 5.97 Å². The smallest absolute Gasteiger partial charge is 0.305 e. The van der Waals surface area contributed by atoms with Crippen molar-refractivity contribution in [3.63, 3.8) is 0 Å². The molecule has 23 heavy (non-hydrogen) atoms. The first-order chi connectivity index (χ1) is 11.0. The van der Waals surface area contributed by atoms with Crippen molar-refractivity contribution in [2.24, 2.45) is 0 Å². The highest BCUT2D eigenvalue weighted by Gasteiger charge is 2.30. The first-order valence-corrected chi connectivity index (χ1v) is 8.06. The van der Waals surface area contributed by atoms with Crippen molar-refractivity contribution in [2.45, 2.75) is 6.42 Å². The minimum atomic E-state index is -0.975. The van der Waals surface area contributed by atoms with Crippen molar-refractivity contribution in [3.8, 4) is 5.75 Å². The Morgan fingerprint density at radius 3 is 2.91 bits per heavy atom. The number of hydrogen-bond donors (Lipinski definition) is 1. The number of carbonyl (C=O) groups is 2. The zero-order chi connectivity index (χ0) is 16.4. The van der Waals surface area contributed by atoms with Gasteiger partial charge >= 0.3 is 5.97 Å². The number of hydrogen-bond acceptors (Lipinski definition) is 4. The van der Waals surface area contributed by atoms with Crippen LogP contribution in [0.3, 0.4) is 0 Å². The molecule has 0 saturated heterocycles. The number of thiophene rings is 1. The quantitative estimate of drug-likeness (QED) is 0.856. The van der Waals surface area contributed by atoms with Crippen LogP contribution < -0.4 is 9.64 Å². The molecule has 0 aliphatic carbocycles. The summed E-state index contributed by atoms with van der Waals surface area (Å²) in [7, 11) is 0. The van der Waals surface area contributed by atoms with Crippen LogP contribution in [0, 0.1) is 0 Å². The Labute approximate surface area is 141 Å². The number of benzene rings is 1. The number of carbonyl (C=O) groups excluding carboxylic acids is 1. The summed E-state index contributed by atoms with van der Waals surface area (Å²) in [6.07, 6.45) is 1.49. The largest absolute Gasteiger partial charge is 0.481 e. The third-order valence-corrected chi connectivity index (χ3v) is 4.31. The van der Waals surface area contributed by atoms with Gasteiger partial charge in [0.25, 0.3) is 5.91 Å². The van der Waals surface area contributed by atoms with Crippen LogP contribution in [-0.4, -0.2) is 23.5 Å². The molecule has 1 amide bonds. The van der Waals surface area contributed by atoms with Crippen LogP contribution in [0.2, 0.25) is 5.02 Å². The normalized spacial score (nSPS) is 15.4. The van der Waals surface area contributed by atoms with E-state index in [1.54, 1.807) is 24.3 Å². The van der Waals surface area contributed by atoms with E-state index in [-0.39, 0.29) is 24.6 Å². The maximum Gasteiger partial charge on any atom is 0.305 e. The summed E-state index contributed by atoms with van der Waals surface area (Å²) in [6.45, 7) is 0.0483. The minimum absolute atomic E-state index is 0.0483. The van der Waals surface area contributed by atoms with E-state index in [0.29, 0.717) is 16.5 Å². The van der Waals surface area contributed by atoms with Crippen LogP contribution in [0.25, 0.3) is 6.08 Å². The standard InChI is InChI=1S/C16H12ClNO4S/c17-10-3-4-13-12(8-10)18(6-5-15(19)20)16(21)14(22-13)9-11-2-1-7-23-11/h1-4,7-9H,5-6H2,(H,19,20)/b14-9+. The van der Waals surface area contributed by atoms with E-state index in [4.69, 9.17) is 21.4 Å². The van der Waals surface area contributed by atoms with E-state index in [1.165, 1.54) is 16.2 Å². The Hall–Kier alpha value is -2.31. The summed E-state index contributed by atoms with van der Waals surface area (Å²) < 4.78 is 5.68. The molecule has 1 aliphatic rings. The average Bonchev–Trinajstić information content (AvgIpc) is 3.00. The number of carboxylic acid groups (broad SMARTS) is 1. The van der Waals surface area contributed by atoms with Gasteiger partial charge in [0, 0.05) is 22.5 Å². The van der Waals surface area contributed by atoms with Crippen molar-refractivity contribution in [2.75, 3.05) is 11.4 Å². The molecule has 2 heterocycles. The van der Waals surface area contributed by atoms with Gasteiger partial charge in [-0.25, -0.2) is 0 Å². The maximum atomic E-state index is 12.6. The van der Waals surface area contributed by atoms with E-state index in [0.717, 1.165) is 4.88 Å². The zero-order valence-electron chi connectivity index (χ0n) is 11.9. The Bertz CT molecular complexity index is 785. The van der Waals surface area contributed by atoms with E-state index >= 15 is 0 Å². The van der Waals surface area contributed by atoms with Gasteiger partial charge in [-0.05, 0) is 29.6 Å². The molecule has 7 heteroatoms. The fourth-order valence-electron chi connectivity index (χ4n) is 2.22. The molecule has 0 atom stereocenters. The molecule has 5 nitrogen and oxygen atoms in total. The molecule has 118 valence electrons. The molecule has 0 unspecified atom stereocenters. The zero-order valence-corrected chi connectivity index (χ0v) is 13.4. The molecule has 3 rings (SSSR count). The van der Waals surface area contributed by atoms with Crippen LogP contribution in [0.5, 0.6) is 5.75 Å². The van der Waals surface area contributed by atoms with Crippen LogP contribution in [0.15, 0.2) is 41.5 Å². The number of halogens is 1. The molecular weight excluding hydrogens is 338 g/mol. The topological polar surface area (TPSA) is 66.8 Å². The van der Waals surface area contributed by atoms with Gasteiger partial charge in [0.2, 0.25) is 0 Å². The fourth-order valence-corrected chi connectivity index (χ4v) is 3.03. The van der Waals surface area contributed by atoms with Crippen molar-refractivity contribution in [1.82, 2.24) is 0 Å². The Kier molecular flexibility index (Phi) is 4.36. The van der Waals surface area contributed by atoms with E-state index in [1.807, 2.05) is 17.5 Å². The molecule has 1 aliphatic heterocycles. The van der Waals surface area contributed by atoms with E-state index in [2.05, 4.69) is 0 Å². The molecule has 0 spiro atoms. The third-order valence-electron chi connectivity index (χ3n) is 3.25. The number of aliphatic carboxylic acids is 1. The summed E-state index contributed by atoms with van der Waals surface area (Å²) in [5.41, 5.74) is 0.479. The molecule has 1 N–H and O–H groups in total. The molecule has 1 aromatic carbocycles. The molecule has 0 radical (unpaired) electrons. The van der Waals surface area contributed by atoms with Crippen LogP contribution >= 0.6 is 22.9 Å². The molecule has 1 aromatic heterocycles. The Morgan fingerprint density at radius 1 is 1.39 bits per heavy atom. The number of carboxylic acids is 1. The summed E-state index contributed by atoms with van der Waals surface area (Å²) in [6, 6.07) is 8.67. The minimum Gasteiger partial charge on any atom is -0.481 e. The van der Waals surface area contributed by atoms with Gasteiger partial charge in [-0.2, -0.15) is 0 Å². The molecule has 2 aromatic rings. The lowest BCUT2D eigenvalue weighted by atomic mass is 10.2. The first kappa shape index (κ1) is 15.6. The molecule has 0 saturated carbocycles. The third kappa shape index (κ3) is 3.38. The Morgan fingerprint density at radius 2 is 2.22 bits per heavy atom. The number of ether oxygens (including phenoxy) is 1. The highest BCUT2D eigenvalue weighted by molar-refractivity contribution is 7.10. The lowest BCUT2D eigenvalue weighted by Gasteiger charge is -2.30. The number of rotatable bonds is 4. The van der Waals surface area contributed by atoms with Crippen LogP contribution in [-0.2, 0) is 9.59 Å². The predicted molar refractivity (Wildman–Crippen MR) is 89.0 cm³/mol. The van der Waals surface area contributed by atoms with Gasteiger partial charge in [0.15, 0.2) is 11.5 Å². The second-order valence-corrected chi connectivity index (χ2v) is 6.25. The summed E-state index contributed by atoms with van der Waals surface area (Å²) >= 11 is 7.46. The fraction of sp³-hybridized carbons (Fsp3) is 0.125. The van der Waals surface area contributed by atoms with Gasteiger partial charge in [-0.15, -0.1) is 11.3 Å². The molecule has 0 fully saturated rings. The van der Waals surface area contributed by atoms with Gasteiger partial charge in [0.05, 0.1) is 12.1 Å². The van der Waals surface area contributed by atoms with Crippen molar-refractivity contribution < 1.29 is 19.4 Å². The van der Waals surface area contributed by atoms with Gasteiger partial charge in [0.1, 0.15) is 0 Å². The molecule has 0 bridgehead atoms. The summed E-state index contributed by atoms with van der Waals surface area (Å²) in [5, 5.41) is 11.2. The second kappa shape index (κ2) is 6.44. The SMILES string of the molecule is O=C(O)CCN1C(=O)/C(=C\c2cccs2)Oc2ccc(Cl)cc21. The van der Waals surface area contributed by atoms with Gasteiger partial charge in [-0.1, -0.05) is 17.7 Å². The lowest BCUT2D eigenvalue weighted by Crippen LogP contribution is -2.38. The number of anilines is 1.